The molecule has 0 aliphatic heterocycles. The Kier molecular flexibility index (Phi) is 4.76. The zero-order chi connectivity index (χ0) is 18.0. The number of benzene rings is 2. The molecule has 8 heteroatoms. The third kappa shape index (κ3) is 3.66. The van der Waals surface area contributed by atoms with Crippen LogP contribution < -0.4 is 10.9 Å². The van der Waals surface area contributed by atoms with Gasteiger partial charge in [0.25, 0.3) is 5.56 Å². The molecule has 3 rings (SSSR count). The Balaban J connectivity index is 1.76. The molecule has 0 fully saturated rings. The molecular formula is C17H14ClFN4O2. The average molecular weight is 361 g/mol. The first-order valence-electron chi connectivity index (χ1n) is 7.52. The van der Waals surface area contributed by atoms with Crippen molar-refractivity contribution >= 4 is 28.4 Å². The van der Waals surface area contributed by atoms with E-state index in [2.05, 4.69) is 15.6 Å². The second kappa shape index (κ2) is 6.98. The van der Waals surface area contributed by atoms with Gasteiger partial charge in [-0.15, -0.1) is 5.10 Å². The largest absolute Gasteiger partial charge is 0.348 e. The van der Waals surface area contributed by atoms with E-state index in [-0.39, 0.29) is 11.6 Å². The van der Waals surface area contributed by atoms with E-state index in [1.54, 1.807) is 31.2 Å². The molecule has 1 heterocycles. The van der Waals surface area contributed by atoms with Gasteiger partial charge in [-0.25, -0.2) is 9.07 Å². The van der Waals surface area contributed by atoms with Gasteiger partial charge in [-0.2, -0.15) is 0 Å². The van der Waals surface area contributed by atoms with Gasteiger partial charge < -0.3 is 5.32 Å². The van der Waals surface area contributed by atoms with E-state index in [0.29, 0.717) is 16.5 Å². The molecule has 0 saturated heterocycles. The summed E-state index contributed by atoms with van der Waals surface area (Å²) in [6.45, 7) is 1.44. The van der Waals surface area contributed by atoms with Crippen molar-refractivity contribution in [2.24, 2.45) is 0 Å². The van der Waals surface area contributed by atoms with Gasteiger partial charge >= 0.3 is 0 Å². The molecule has 0 spiro atoms. The highest BCUT2D eigenvalue weighted by atomic mass is 35.5. The molecule has 1 aromatic heterocycles. The van der Waals surface area contributed by atoms with Crippen LogP contribution in [0.15, 0.2) is 47.3 Å². The minimum absolute atomic E-state index is 0.218. The van der Waals surface area contributed by atoms with Crippen LogP contribution in [0, 0.1) is 5.82 Å². The summed E-state index contributed by atoms with van der Waals surface area (Å²) in [4.78, 5) is 24.5. The fourth-order valence-electron chi connectivity index (χ4n) is 2.48. The van der Waals surface area contributed by atoms with Gasteiger partial charge in [0.05, 0.1) is 11.4 Å². The molecule has 25 heavy (non-hydrogen) atoms. The lowest BCUT2D eigenvalue weighted by Crippen LogP contribution is -2.35. The van der Waals surface area contributed by atoms with E-state index in [4.69, 9.17) is 11.6 Å². The maximum atomic E-state index is 13.1. The van der Waals surface area contributed by atoms with E-state index in [1.807, 2.05) is 0 Å². The lowest BCUT2D eigenvalue weighted by Gasteiger charge is -2.16. The summed E-state index contributed by atoms with van der Waals surface area (Å²) in [6, 6.07) is 10.3. The maximum absolute atomic E-state index is 13.1. The van der Waals surface area contributed by atoms with Gasteiger partial charge in [-0.1, -0.05) is 35.0 Å². The Hall–Kier alpha value is -2.80. The average Bonchev–Trinajstić information content (AvgIpc) is 2.57. The van der Waals surface area contributed by atoms with Crippen LogP contribution in [0.25, 0.3) is 10.9 Å². The molecule has 128 valence electrons. The Morgan fingerprint density at radius 3 is 2.84 bits per heavy atom. The molecule has 6 nitrogen and oxygen atoms in total. The molecule has 2 aromatic carbocycles. The standard InChI is InChI=1S/C17H14ClFN4O2/c1-10(12-7-6-11(19)8-14(12)18)20-16(24)9-23-17(25)13-4-2-3-5-15(13)21-22-23/h2-8,10H,9H2,1H3,(H,20,24). The van der Waals surface area contributed by atoms with Gasteiger partial charge in [0.1, 0.15) is 17.9 Å². The number of rotatable bonds is 4. The van der Waals surface area contributed by atoms with E-state index in [0.717, 1.165) is 4.68 Å². The summed E-state index contributed by atoms with van der Waals surface area (Å²) in [6.07, 6.45) is 0. The Morgan fingerprint density at radius 1 is 1.32 bits per heavy atom. The van der Waals surface area contributed by atoms with E-state index < -0.39 is 23.3 Å². The molecule has 0 aliphatic rings. The predicted octanol–water partition coefficient (Wildman–Crippen LogP) is 2.46. The third-order valence-electron chi connectivity index (χ3n) is 3.73. The van der Waals surface area contributed by atoms with Crippen molar-refractivity contribution < 1.29 is 9.18 Å². The summed E-state index contributed by atoms with van der Waals surface area (Å²) in [5.41, 5.74) is 0.650. The van der Waals surface area contributed by atoms with Crippen LogP contribution in [0.4, 0.5) is 4.39 Å². The Bertz CT molecular complexity index is 1010. The van der Waals surface area contributed by atoms with Gasteiger partial charge in [0.15, 0.2) is 0 Å². The first-order chi connectivity index (χ1) is 12.0. The molecule has 1 unspecified atom stereocenters. The topological polar surface area (TPSA) is 76.9 Å². The second-order valence-corrected chi connectivity index (χ2v) is 5.93. The van der Waals surface area contributed by atoms with Crippen molar-refractivity contribution in [2.75, 3.05) is 0 Å². The SMILES string of the molecule is CC(NC(=O)Cn1nnc2ccccc2c1=O)c1ccc(F)cc1Cl. The van der Waals surface area contributed by atoms with Crippen molar-refractivity contribution in [3.63, 3.8) is 0 Å². The zero-order valence-electron chi connectivity index (χ0n) is 13.2. The van der Waals surface area contributed by atoms with Crippen molar-refractivity contribution in [3.8, 4) is 0 Å². The fraction of sp³-hybridized carbons (Fsp3) is 0.176. The number of carbonyl (C=O) groups is 1. The summed E-state index contributed by atoms with van der Waals surface area (Å²) >= 11 is 5.99. The van der Waals surface area contributed by atoms with Crippen LogP contribution >= 0.6 is 11.6 Å². The number of fused-ring (bicyclic) bond motifs is 1. The van der Waals surface area contributed by atoms with Crippen LogP contribution in [-0.4, -0.2) is 20.9 Å². The summed E-state index contributed by atoms with van der Waals surface area (Å²) in [5, 5.41) is 11.0. The van der Waals surface area contributed by atoms with Crippen LogP contribution in [-0.2, 0) is 11.3 Å². The van der Waals surface area contributed by atoms with E-state index >= 15 is 0 Å². The van der Waals surface area contributed by atoms with E-state index in [1.165, 1.54) is 18.2 Å². The van der Waals surface area contributed by atoms with Crippen LogP contribution in [0.1, 0.15) is 18.5 Å². The molecule has 0 bridgehead atoms. The van der Waals surface area contributed by atoms with Gasteiger partial charge in [0, 0.05) is 5.02 Å². The monoisotopic (exact) mass is 360 g/mol. The first kappa shape index (κ1) is 17.0. The van der Waals surface area contributed by atoms with E-state index in [9.17, 15) is 14.0 Å². The summed E-state index contributed by atoms with van der Waals surface area (Å²) in [7, 11) is 0. The zero-order valence-corrected chi connectivity index (χ0v) is 14.0. The molecule has 0 saturated carbocycles. The highest BCUT2D eigenvalue weighted by Gasteiger charge is 2.15. The van der Waals surface area contributed by atoms with Gasteiger partial charge in [-0.3, -0.25) is 9.59 Å². The van der Waals surface area contributed by atoms with Crippen LogP contribution in [0.2, 0.25) is 5.02 Å². The fourth-order valence-corrected chi connectivity index (χ4v) is 2.81. The number of nitrogens with zero attached hydrogens (tertiary/aromatic N) is 3. The van der Waals surface area contributed by atoms with Crippen molar-refractivity contribution in [1.29, 1.82) is 0 Å². The molecule has 3 aromatic rings. The number of carbonyl (C=O) groups excluding carboxylic acids is 1. The predicted molar refractivity (Wildman–Crippen MR) is 91.8 cm³/mol. The number of amides is 1. The summed E-state index contributed by atoms with van der Waals surface area (Å²) in [5.74, 6) is -0.884. The summed E-state index contributed by atoms with van der Waals surface area (Å²) < 4.78 is 14.1. The Labute approximate surface area is 147 Å². The molecule has 0 aliphatic carbocycles. The molecular weight excluding hydrogens is 347 g/mol. The second-order valence-electron chi connectivity index (χ2n) is 5.52. The molecule has 1 amide bonds. The van der Waals surface area contributed by atoms with Crippen molar-refractivity contribution in [1.82, 2.24) is 20.3 Å². The highest BCUT2D eigenvalue weighted by molar-refractivity contribution is 6.31. The lowest BCUT2D eigenvalue weighted by atomic mass is 10.1. The van der Waals surface area contributed by atoms with Crippen molar-refractivity contribution in [2.45, 2.75) is 19.5 Å². The third-order valence-corrected chi connectivity index (χ3v) is 4.06. The van der Waals surface area contributed by atoms with Crippen LogP contribution in [0.3, 0.4) is 0 Å². The molecule has 0 radical (unpaired) electrons. The minimum Gasteiger partial charge on any atom is -0.348 e. The molecule has 1 N–H and O–H groups in total. The normalized spacial score (nSPS) is 12.1. The number of hydrogen-bond acceptors (Lipinski definition) is 4. The smallest absolute Gasteiger partial charge is 0.278 e. The number of nitrogens with one attached hydrogen (secondary N) is 1. The van der Waals surface area contributed by atoms with Gasteiger partial charge in [0.2, 0.25) is 5.91 Å². The quantitative estimate of drug-likeness (QED) is 0.775. The number of hydrogen-bond donors (Lipinski definition) is 1. The lowest BCUT2D eigenvalue weighted by molar-refractivity contribution is -0.122. The number of aromatic nitrogens is 3. The minimum atomic E-state index is -0.454. The first-order valence-corrected chi connectivity index (χ1v) is 7.90. The van der Waals surface area contributed by atoms with Crippen LogP contribution in [0.5, 0.6) is 0 Å². The highest BCUT2D eigenvalue weighted by Crippen LogP contribution is 2.23. The van der Waals surface area contributed by atoms with Crippen molar-refractivity contribution in [3.05, 3.63) is 69.2 Å². The maximum Gasteiger partial charge on any atom is 0.278 e. The van der Waals surface area contributed by atoms with Gasteiger partial charge in [-0.05, 0) is 36.8 Å². The molecule has 1 atom stereocenters. The number of halogens is 2. The Morgan fingerprint density at radius 2 is 2.08 bits per heavy atom.